The number of anilines is 1. The smallest absolute Gasteiger partial charge is 0.274 e. The highest BCUT2D eigenvalue weighted by Crippen LogP contribution is 2.28. The van der Waals surface area contributed by atoms with Gasteiger partial charge in [0, 0.05) is 0 Å². The van der Waals surface area contributed by atoms with E-state index >= 15 is 0 Å². The fourth-order valence-electron chi connectivity index (χ4n) is 6.84. The molecule has 2 heterocycles. The number of unbranched alkanes of at least 4 members (excludes halogenated alkanes) is 15. The Hall–Kier alpha value is -4.93. The first-order chi connectivity index (χ1) is 26.5. The molecule has 11 heteroatoms. The number of hydrogen-bond acceptors (Lipinski definition) is 7. The number of nitrogens with one attached hydrogen (secondary N) is 2. The average molecular weight is 738 g/mol. The minimum atomic E-state index is -0.942. The van der Waals surface area contributed by atoms with Crippen LogP contribution in [-0.4, -0.2) is 57.9 Å². The predicted molar refractivity (Wildman–Crippen MR) is 216 cm³/mol. The molecular weight excluding hydrogens is 679 g/mol. The summed E-state index contributed by atoms with van der Waals surface area (Å²) >= 11 is 0. The molecule has 3 aromatic carbocycles. The van der Waals surface area contributed by atoms with E-state index in [1.165, 1.54) is 94.9 Å². The molecule has 0 spiro atoms. The van der Waals surface area contributed by atoms with Crippen LogP contribution in [0.25, 0.3) is 11.0 Å². The third-order valence-electron chi connectivity index (χ3n) is 9.92. The fourth-order valence-corrected chi connectivity index (χ4v) is 6.84. The molecule has 54 heavy (non-hydrogen) atoms. The molecule has 0 bridgehead atoms. The number of nitrogens with zero attached hydrogens (tertiary/aromatic N) is 5. The number of amides is 2. The van der Waals surface area contributed by atoms with Crippen LogP contribution in [0.4, 0.5) is 11.4 Å². The van der Waals surface area contributed by atoms with E-state index in [-0.39, 0.29) is 18.4 Å². The second-order valence-corrected chi connectivity index (χ2v) is 14.4. The minimum absolute atomic E-state index is 0.254. The summed E-state index contributed by atoms with van der Waals surface area (Å²) in [5.41, 5.74) is 6.63. The Kier molecular flexibility index (Phi) is 16.2. The monoisotopic (exact) mass is 737 g/mol. The third-order valence-corrected chi connectivity index (χ3v) is 9.92. The van der Waals surface area contributed by atoms with Gasteiger partial charge in [-0.15, -0.1) is 5.10 Å². The quantitative estimate of drug-likeness (QED) is 0.0687. The van der Waals surface area contributed by atoms with Crippen LogP contribution in [0.1, 0.15) is 121 Å². The highest BCUT2D eigenvalue weighted by atomic mass is 16.5. The summed E-state index contributed by atoms with van der Waals surface area (Å²) in [7, 11) is 1.60. The molecule has 0 aliphatic carbocycles. The molecule has 2 amide bonds. The number of methoxy groups -OCH3 is 1. The third kappa shape index (κ3) is 12.0. The number of benzene rings is 3. The van der Waals surface area contributed by atoms with Crippen molar-refractivity contribution in [2.75, 3.05) is 25.6 Å². The average Bonchev–Trinajstić information content (AvgIpc) is 3.72. The first-order valence-corrected chi connectivity index (χ1v) is 20.1. The molecule has 0 saturated carbocycles. The van der Waals surface area contributed by atoms with Crippen LogP contribution in [-0.2, 0) is 9.59 Å². The number of rotatable bonds is 24. The van der Waals surface area contributed by atoms with E-state index in [4.69, 9.17) is 14.5 Å². The van der Waals surface area contributed by atoms with Crippen molar-refractivity contribution in [1.82, 2.24) is 25.4 Å². The molecule has 1 aliphatic rings. The second kappa shape index (κ2) is 21.7. The van der Waals surface area contributed by atoms with Gasteiger partial charge in [-0.3, -0.25) is 15.0 Å². The van der Waals surface area contributed by atoms with Crippen molar-refractivity contribution in [3.63, 3.8) is 0 Å². The summed E-state index contributed by atoms with van der Waals surface area (Å²) in [5, 5.41) is 12.8. The second-order valence-electron chi connectivity index (χ2n) is 14.4. The summed E-state index contributed by atoms with van der Waals surface area (Å²) in [6, 6.07) is 19.4. The maximum Gasteiger partial charge on any atom is 0.274 e. The maximum absolute atomic E-state index is 13.9. The molecule has 1 saturated heterocycles. The van der Waals surface area contributed by atoms with Crippen molar-refractivity contribution >= 4 is 40.1 Å². The molecule has 5 rings (SSSR count). The number of aliphatic imine (C=N–C) groups is 1. The van der Waals surface area contributed by atoms with Crippen LogP contribution in [0.15, 0.2) is 71.7 Å². The Morgan fingerprint density at radius 2 is 1.46 bits per heavy atom. The first kappa shape index (κ1) is 40.3. The normalized spacial score (nSPS) is 14.9. The van der Waals surface area contributed by atoms with E-state index in [2.05, 4.69) is 28.0 Å². The Balaban J connectivity index is 1.07. The summed E-state index contributed by atoms with van der Waals surface area (Å²) in [6.45, 7) is 4.58. The number of carbonyl (C=O) groups is 2. The summed E-state index contributed by atoms with van der Waals surface area (Å²) in [6.07, 6.45) is 21.1. The van der Waals surface area contributed by atoms with Crippen LogP contribution in [0.5, 0.6) is 11.5 Å². The van der Waals surface area contributed by atoms with Crippen LogP contribution >= 0.6 is 0 Å². The number of para-hydroxylation sites is 2. The Morgan fingerprint density at radius 3 is 2.11 bits per heavy atom. The van der Waals surface area contributed by atoms with E-state index in [1.54, 1.807) is 36.1 Å². The standard InChI is InChI=1S/C43H59N7O4/c1-4-5-6-7-8-9-10-11-12-13-14-15-16-17-18-21-30-54-39-23-20-19-22-36(39)45-40(51)32-49-43(52)41(50-38-29-24-33(2)31-37(38)46-48-50)42(47-49)44-34-25-27-35(53-3)28-26-34/h19-20,22-29,31,41H,4-18,21,30,32H2,1-3H3,(H,44,47)(H,45,51). The molecule has 11 nitrogen and oxygen atoms in total. The number of amidine groups is 1. The van der Waals surface area contributed by atoms with E-state index < -0.39 is 6.04 Å². The zero-order valence-electron chi connectivity index (χ0n) is 32.5. The van der Waals surface area contributed by atoms with Gasteiger partial charge in [-0.25, -0.2) is 14.7 Å². The van der Waals surface area contributed by atoms with Gasteiger partial charge in [0.25, 0.3) is 5.91 Å². The topological polar surface area (TPSA) is 123 Å². The minimum Gasteiger partial charge on any atom is -0.497 e. The molecule has 1 aromatic heterocycles. The van der Waals surface area contributed by atoms with Gasteiger partial charge in [-0.2, -0.15) is 0 Å². The van der Waals surface area contributed by atoms with Gasteiger partial charge in [-0.1, -0.05) is 127 Å². The van der Waals surface area contributed by atoms with E-state index in [1.807, 2.05) is 49.4 Å². The van der Waals surface area contributed by atoms with Crippen molar-refractivity contribution in [2.24, 2.45) is 4.99 Å². The van der Waals surface area contributed by atoms with Gasteiger partial charge in [-0.05, 0) is 67.4 Å². The first-order valence-electron chi connectivity index (χ1n) is 20.1. The lowest BCUT2D eigenvalue weighted by Gasteiger charge is -2.17. The van der Waals surface area contributed by atoms with E-state index in [0.29, 0.717) is 46.3 Å². The van der Waals surface area contributed by atoms with Gasteiger partial charge in [0.1, 0.15) is 23.6 Å². The van der Waals surface area contributed by atoms with Gasteiger partial charge in [0.05, 0.1) is 30.6 Å². The number of hydrogen-bond donors (Lipinski definition) is 2. The number of aromatic nitrogens is 3. The molecule has 4 aromatic rings. The lowest BCUT2D eigenvalue weighted by Crippen LogP contribution is -2.41. The van der Waals surface area contributed by atoms with Gasteiger partial charge >= 0.3 is 0 Å². The van der Waals surface area contributed by atoms with E-state index in [0.717, 1.165) is 18.4 Å². The van der Waals surface area contributed by atoms with Gasteiger partial charge < -0.3 is 14.8 Å². The lowest BCUT2D eigenvalue weighted by molar-refractivity contribution is -0.135. The molecule has 1 fully saturated rings. The number of aryl methyl sites for hydroxylation is 1. The Bertz CT molecular complexity index is 1790. The van der Waals surface area contributed by atoms with Crippen molar-refractivity contribution in [3.8, 4) is 11.5 Å². The van der Waals surface area contributed by atoms with Crippen molar-refractivity contribution in [2.45, 2.75) is 123 Å². The molecular formula is C43H59N7O4. The summed E-state index contributed by atoms with van der Waals surface area (Å²) in [5.74, 6) is 0.872. The number of hydrazine groups is 1. The van der Waals surface area contributed by atoms with Crippen molar-refractivity contribution in [3.05, 3.63) is 72.3 Å². The van der Waals surface area contributed by atoms with E-state index in [9.17, 15) is 9.59 Å². The number of fused-ring (bicyclic) bond motifs is 1. The summed E-state index contributed by atoms with van der Waals surface area (Å²) < 4.78 is 12.9. The summed E-state index contributed by atoms with van der Waals surface area (Å²) in [4.78, 5) is 32.1. The fraction of sp³-hybridized carbons (Fsp3) is 0.512. The highest BCUT2D eigenvalue weighted by Gasteiger charge is 2.41. The molecule has 0 radical (unpaired) electrons. The number of carbonyl (C=O) groups excluding carboxylic acids is 2. The van der Waals surface area contributed by atoms with Crippen LogP contribution < -0.4 is 20.2 Å². The SMILES string of the molecule is CCCCCCCCCCCCCCCCCCOc1ccccc1NC(=O)CN1NC(=Nc2ccc(OC)cc2)C(n2nnc3cc(C)ccc32)C1=O. The number of ether oxygens (including phenoxy) is 2. The zero-order valence-corrected chi connectivity index (χ0v) is 32.5. The van der Waals surface area contributed by atoms with Crippen molar-refractivity contribution in [1.29, 1.82) is 0 Å². The van der Waals surface area contributed by atoms with Crippen LogP contribution in [0.2, 0.25) is 0 Å². The Labute approximate surface area is 320 Å². The Morgan fingerprint density at radius 1 is 0.833 bits per heavy atom. The maximum atomic E-state index is 13.9. The van der Waals surface area contributed by atoms with Crippen LogP contribution in [0, 0.1) is 6.92 Å². The molecule has 2 N–H and O–H groups in total. The molecule has 1 atom stereocenters. The molecule has 1 aliphatic heterocycles. The zero-order chi connectivity index (χ0) is 38.0. The highest BCUT2D eigenvalue weighted by molar-refractivity contribution is 6.12. The lowest BCUT2D eigenvalue weighted by atomic mass is 10.0. The van der Waals surface area contributed by atoms with Gasteiger partial charge in [0.2, 0.25) is 5.91 Å². The predicted octanol–water partition coefficient (Wildman–Crippen LogP) is 9.65. The van der Waals surface area contributed by atoms with Crippen molar-refractivity contribution < 1.29 is 19.1 Å². The molecule has 290 valence electrons. The molecule has 1 unspecified atom stereocenters. The van der Waals surface area contributed by atoms with Gasteiger partial charge in [0.15, 0.2) is 11.9 Å². The largest absolute Gasteiger partial charge is 0.497 e. The van der Waals surface area contributed by atoms with Crippen LogP contribution in [0.3, 0.4) is 0 Å².